The summed E-state index contributed by atoms with van der Waals surface area (Å²) in [6, 6.07) is 3.15. The molecule has 0 aromatic heterocycles. The SMILES string of the molecule is CCN(Oc1cc(Br)cc(C(F)(F)F)c1)C(C)=O. The Bertz CT molecular complexity index is 448. The van der Waals surface area contributed by atoms with Gasteiger partial charge in [0.1, 0.15) is 0 Å². The van der Waals surface area contributed by atoms with E-state index in [1.807, 2.05) is 0 Å². The number of hydrogen-bond acceptors (Lipinski definition) is 2. The molecule has 18 heavy (non-hydrogen) atoms. The van der Waals surface area contributed by atoms with Crippen molar-refractivity contribution in [3.63, 3.8) is 0 Å². The third-order valence-corrected chi connectivity index (χ3v) is 2.51. The summed E-state index contributed by atoms with van der Waals surface area (Å²) in [6.45, 7) is 3.17. The normalized spacial score (nSPS) is 11.2. The van der Waals surface area contributed by atoms with Crippen LogP contribution in [0, 0.1) is 0 Å². The first kappa shape index (κ1) is 14.8. The quantitative estimate of drug-likeness (QED) is 0.794. The Balaban J connectivity index is 3.03. The summed E-state index contributed by atoms with van der Waals surface area (Å²) >= 11 is 2.97. The fourth-order valence-corrected chi connectivity index (χ4v) is 1.73. The van der Waals surface area contributed by atoms with Gasteiger partial charge in [0.2, 0.25) is 0 Å². The highest BCUT2D eigenvalue weighted by molar-refractivity contribution is 9.10. The maximum Gasteiger partial charge on any atom is 0.416 e. The van der Waals surface area contributed by atoms with Crippen LogP contribution in [-0.4, -0.2) is 17.5 Å². The molecule has 1 aromatic carbocycles. The zero-order valence-corrected chi connectivity index (χ0v) is 11.3. The lowest BCUT2D eigenvalue weighted by atomic mass is 10.2. The van der Waals surface area contributed by atoms with Gasteiger partial charge in [0.05, 0.1) is 12.1 Å². The van der Waals surface area contributed by atoms with E-state index in [2.05, 4.69) is 15.9 Å². The number of hydrogen-bond donors (Lipinski definition) is 0. The molecule has 0 unspecified atom stereocenters. The summed E-state index contributed by atoms with van der Waals surface area (Å²) in [5, 5.41) is 0.974. The fourth-order valence-electron chi connectivity index (χ4n) is 1.26. The molecule has 0 fully saturated rings. The van der Waals surface area contributed by atoms with Crippen molar-refractivity contribution in [3.05, 3.63) is 28.2 Å². The van der Waals surface area contributed by atoms with Crippen molar-refractivity contribution in [1.29, 1.82) is 0 Å². The van der Waals surface area contributed by atoms with Crippen LogP contribution in [0.15, 0.2) is 22.7 Å². The Labute approximate surface area is 111 Å². The number of amides is 1. The average Bonchev–Trinajstić information content (AvgIpc) is 2.23. The van der Waals surface area contributed by atoms with Crippen LogP contribution in [0.3, 0.4) is 0 Å². The third-order valence-electron chi connectivity index (χ3n) is 2.05. The maximum atomic E-state index is 12.6. The van der Waals surface area contributed by atoms with Crippen LogP contribution in [0.4, 0.5) is 13.2 Å². The van der Waals surface area contributed by atoms with E-state index in [1.54, 1.807) is 6.92 Å². The highest BCUT2D eigenvalue weighted by Crippen LogP contribution is 2.34. The van der Waals surface area contributed by atoms with E-state index >= 15 is 0 Å². The second-order valence-corrected chi connectivity index (χ2v) is 4.39. The van der Waals surface area contributed by atoms with Crippen LogP contribution in [0.25, 0.3) is 0 Å². The van der Waals surface area contributed by atoms with Gasteiger partial charge in [-0.05, 0) is 25.1 Å². The molecule has 0 heterocycles. The monoisotopic (exact) mass is 325 g/mol. The van der Waals surface area contributed by atoms with Gasteiger partial charge >= 0.3 is 6.18 Å². The minimum atomic E-state index is -4.46. The number of alkyl halides is 3. The lowest BCUT2D eigenvalue weighted by molar-refractivity contribution is -0.154. The Morgan fingerprint density at radius 3 is 2.44 bits per heavy atom. The fraction of sp³-hybridized carbons (Fsp3) is 0.364. The summed E-state index contributed by atoms with van der Waals surface area (Å²) in [5.41, 5.74) is -0.841. The van der Waals surface area contributed by atoms with Crippen molar-refractivity contribution >= 4 is 21.8 Å². The summed E-state index contributed by atoms with van der Waals surface area (Å²) in [5.74, 6) is -0.431. The Hall–Kier alpha value is -1.24. The van der Waals surface area contributed by atoms with Gasteiger partial charge in [0, 0.05) is 11.4 Å². The van der Waals surface area contributed by atoms with E-state index in [9.17, 15) is 18.0 Å². The van der Waals surface area contributed by atoms with Gasteiger partial charge in [-0.3, -0.25) is 4.79 Å². The minimum Gasteiger partial charge on any atom is -0.377 e. The molecule has 1 rings (SSSR count). The van der Waals surface area contributed by atoms with Gasteiger partial charge in [-0.1, -0.05) is 15.9 Å². The summed E-state index contributed by atoms with van der Waals surface area (Å²) in [7, 11) is 0. The molecule has 7 heteroatoms. The number of carbonyl (C=O) groups is 1. The van der Waals surface area contributed by atoms with Crippen molar-refractivity contribution in [3.8, 4) is 5.75 Å². The molecular weight excluding hydrogens is 315 g/mol. The van der Waals surface area contributed by atoms with Crippen LogP contribution in [0.2, 0.25) is 0 Å². The number of rotatable bonds is 3. The standard InChI is InChI=1S/C11H11BrF3NO2/c1-3-16(7(2)17)18-10-5-8(11(13,14)15)4-9(12)6-10/h4-6H,3H2,1-2H3. The van der Waals surface area contributed by atoms with Crippen molar-refractivity contribution in [2.24, 2.45) is 0 Å². The smallest absolute Gasteiger partial charge is 0.377 e. The molecule has 1 aromatic rings. The van der Waals surface area contributed by atoms with Crippen LogP contribution in [0.5, 0.6) is 5.75 Å². The Morgan fingerprint density at radius 2 is 2.00 bits per heavy atom. The van der Waals surface area contributed by atoms with E-state index < -0.39 is 11.7 Å². The van der Waals surface area contributed by atoms with E-state index in [-0.39, 0.29) is 22.7 Å². The van der Waals surface area contributed by atoms with Gasteiger partial charge in [0.25, 0.3) is 5.91 Å². The predicted molar refractivity (Wildman–Crippen MR) is 62.8 cm³/mol. The van der Waals surface area contributed by atoms with E-state index in [4.69, 9.17) is 4.84 Å². The molecule has 0 radical (unpaired) electrons. The first-order valence-corrected chi connectivity index (χ1v) is 5.87. The molecule has 0 aliphatic carbocycles. The second-order valence-electron chi connectivity index (χ2n) is 3.48. The second kappa shape index (κ2) is 5.60. The van der Waals surface area contributed by atoms with Crippen molar-refractivity contribution in [2.75, 3.05) is 6.54 Å². The highest BCUT2D eigenvalue weighted by atomic mass is 79.9. The van der Waals surface area contributed by atoms with Crippen molar-refractivity contribution in [2.45, 2.75) is 20.0 Å². The Kier molecular flexibility index (Phi) is 4.61. The van der Waals surface area contributed by atoms with Crippen LogP contribution in [0.1, 0.15) is 19.4 Å². The van der Waals surface area contributed by atoms with E-state index in [0.717, 1.165) is 17.2 Å². The van der Waals surface area contributed by atoms with Crippen LogP contribution in [-0.2, 0) is 11.0 Å². The summed E-state index contributed by atoms with van der Waals surface area (Å²) < 4.78 is 37.9. The first-order valence-electron chi connectivity index (χ1n) is 5.08. The number of carbonyl (C=O) groups excluding carboxylic acids is 1. The van der Waals surface area contributed by atoms with Crippen molar-refractivity contribution < 1.29 is 22.8 Å². The largest absolute Gasteiger partial charge is 0.416 e. The molecule has 0 saturated carbocycles. The molecule has 0 N–H and O–H groups in total. The zero-order valence-electron chi connectivity index (χ0n) is 9.71. The third kappa shape index (κ3) is 3.90. The van der Waals surface area contributed by atoms with Gasteiger partial charge in [-0.2, -0.15) is 18.2 Å². The van der Waals surface area contributed by atoms with Crippen LogP contribution < -0.4 is 4.84 Å². The molecule has 3 nitrogen and oxygen atoms in total. The van der Waals surface area contributed by atoms with Crippen molar-refractivity contribution in [1.82, 2.24) is 5.06 Å². The van der Waals surface area contributed by atoms with E-state index in [0.29, 0.717) is 0 Å². The zero-order chi connectivity index (χ0) is 13.9. The number of nitrogens with zero attached hydrogens (tertiary/aromatic N) is 1. The first-order chi connectivity index (χ1) is 8.24. The van der Waals surface area contributed by atoms with E-state index in [1.165, 1.54) is 13.0 Å². The molecule has 0 spiro atoms. The molecule has 1 amide bonds. The average molecular weight is 326 g/mol. The summed E-state index contributed by atoms with van der Waals surface area (Å²) in [6.07, 6.45) is -4.46. The van der Waals surface area contributed by atoms with Gasteiger partial charge in [-0.25, -0.2) is 0 Å². The molecule has 0 aliphatic rings. The molecule has 0 bridgehead atoms. The summed E-state index contributed by atoms with van der Waals surface area (Å²) in [4.78, 5) is 16.2. The lowest BCUT2D eigenvalue weighted by Crippen LogP contribution is -2.31. The molecule has 0 atom stereocenters. The molecule has 0 aliphatic heterocycles. The molecule has 0 saturated heterocycles. The minimum absolute atomic E-state index is 0.0475. The van der Waals surface area contributed by atoms with Gasteiger partial charge in [0.15, 0.2) is 5.75 Å². The topological polar surface area (TPSA) is 29.5 Å². The van der Waals surface area contributed by atoms with Gasteiger partial charge in [-0.15, -0.1) is 0 Å². The molecular formula is C11H11BrF3NO2. The lowest BCUT2D eigenvalue weighted by Gasteiger charge is -2.20. The number of hydroxylamine groups is 2. The molecule has 100 valence electrons. The van der Waals surface area contributed by atoms with Gasteiger partial charge < -0.3 is 4.84 Å². The predicted octanol–water partition coefficient (Wildman–Crippen LogP) is 3.63. The highest BCUT2D eigenvalue weighted by Gasteiger charge is 2.31. The number of halogens is 4. The van der Waals surface area contributed by atoms with Crippen LogP contribution >= 0.6 is 15.9 Å². The Morgan fingerprint density at radius 1 is 1.39 bits per heavy atom. The maximum absolute atomic E-state index is 12.6. The number of benzene rings is 1.